The van der Waals surface area contributed by atoms with Gasteiger partial charge in [0.05, 0.1) is 0 Å². The highest BCUT2D eigenvalue weighted by Gasteiger charge is 2.23. The number of carbonyl (C=O) groups excluding carboxylic acids is 1. The lowest BCUT2D eigenvalue weighted by molar-refractivity contribution is 0.0696. The molecule has 19 heavy (non-hydrogen) atoms. The molecule has 0 saturated carbocycles. The smallest absolute Gasteiger partial charge is 0.254 e. The highest BCUT2D eigenvalue weighted by molar-refractivity contribution is 5.98. The molecule has 0 radical (unpaired) electrons. The van der Waals surface area contributed by atoms with Crippen molar-refractivity contribution in [2.75, 3.05) is 13.1 Å². The summed E-state index contributed by atoms with van der Waals surface area (Å²) in [4.78, 5) is 14.3. The Labute approximate surface area is 113 Å². The standard InChI is InChI=1S/C16H20FNO/c1-4-13-9-12(3)15(17)10-14(13)16(19)18-7-5-11(2)6-8-18/h4,9-11H,1,5-8H2,2-3H3. The molecule has 0 spiro atoms. The highest BCUT2D eigenvalue weighted by Crippen LogP contribution is 2.22. The van der Waals surface area contributed by atoms with E-state index < -0.39 is 0 Å². The molecule has 0 unspecified atom stereocenters. The summed E-state index contributed by atoms with van der Waals surface area (Å²) < 4.78 is 13.7. The highest BCUT2D eigenvalue weighted by atomic mass is 19.1. The summed E-state index contributed by atoms with van der Waals surface area (Å²) in [6.07, 6.45) is 3.65. The number of piperidine rings is 1. The van der Waals surface area contributed by atoms with Crippen molar-refractivity contribution in [3.05, 3.63) is 41.2 Å². The number of halogens is 1. The van der Waals surface area contributed by atoms with Gasteiger partial charge in [0.2, 0.25) is 0 Å². The van der Waals surface area contributed by atoms with E-state index >= 15 is 0 Å². The van der Waals surface area contributed by atoms with E-state index in [0.717, 1.165) is 25.9 Å². The van der Waals surface area contributed by atoms with Crippen LogP contribution in [0.3, 0.4) is 0 Å². The summed E-state index contributed by atoms with van der Waals surface area (Å²) in [5.41, 5.74) is 1.67. The van der Waals surface area contributed by atoms with Crippen molar-refractivity contribution in [2.24, 2.45) is 5.92 Å². The Balaban J connectivity index is 2.28. The Morgan fingerprint density at radius 3 is 2.63 bits per heavy atom. The Morgan fingerprint density at radius 2 is 2.05 bits per heavy atom. The van der Waals surface area contributed by atoms with E-state index in [1.54, 1.807) is 19.1 Å². The number of hydrogen-bond donors (Lipinski definition) is 0. The van der Waals surface area contributed by atoms with Gasteiger partial charge in [0.15, 0.2) is 0 Å². The first-order valence-corrected chi connectivity index (χ1v) is 6.74. The van der Waals surface area contributed by atoms with Crippen LogP contribution in [0.5, 0.6) is 0 Å². The maximum atomic E-state index is 13.7. The van der Waals surface area contributed by atoms with Crippen LogP contribution < -0.4 is 0 Å². The van der Waals surface area contributed by atoms with Gasteiger partial charge in [0.1, 0.15) is 5.82 Å². The predicted octanol–water partition coefficient (Wildman–Crippen LogP) is 3.65. The first kappa shape index (κ1) is 13.8. The largest absolute Gasteiger partial charge is 0.339 e. The van der Waals surface area contributed by atoms with E-state index in [1.807, 2.05) is 4.90 Å². The second kappa shape index (κ2) is 5.55. The minimum atomic E-state index is -0.334. The maximum absolute atomic E-state index is 13.7. The third-order valence-corrected chi connectivity index (χ3v) is 3.85. The average Bonchev–Trinajstić information content (AvgIpc) is 2.41. The van der Waals surface area contributed by atoms with E-state index in [4.69, 9.17) is 0 Å². The van der Waals surface area contributed by atoms with Gasteiger partial charge < -0.3 is 4.90 Å². The van der Waals surface area contributed by atoms with Gasteiger partial charge >= 0.3 is 0 Å². The number of benzene rings is 1. The SMILES string of the molecule is C=Cc1cc(C)c(F)cc1C(=O)N1CCC(C)CC1. The zero-order chi connectivity index (χ0) is 14.0. The Hall–Kier alpha value is -1.64. The van der Waals surface area contributed by atoms with Crippen molar-refractivity contribution < 1.29 is 9.18 Å². The molecule has 1 amide bonds. The molecular formula is C16H20FNO. The first-order chi connectivity index (χ1) is 9.02. The zero-order valence-corrected chi connectivity index (χ0v) is 11.6. The zero-order valence-electron chi connectivity index (χ0n) is 11.6. The van der Waals surface area contributed by atoms with Crippen LogP contribution in [0.1, 0.15) is 41.3 Å². The Kier molecular flexibility index (Phi) is 4.03. The molecule has 2 rings (SSSR count). The number of amides is 1. The molecular weight excluding hydrogens is 241 g/mol. The normalized spacial score (nSPS) is 16.5. The molecule has 1 aromatic rings. The van der Waals surface area contributed by atoms with Crippen LogP contribution in [-0.2, 0) is 0 Å². The van der Waals surface area contributed by atoms with Crippen LogP contribution in [0.15, 0.2) is 18.7 Å². The van der Waals surface area contributed by atoms with Crippen molar-refractivity contribution in [1.29, 1.82) is 0 Å². The maximum Gasteiger partial charge on any atom is 0.254 e. The lowest BCUT2D eigenvalue weighted by Crippen LogP contribution is -2.38. The van der Waals surface area contributed by atoms with Crippen molar-refractivity contribution >= 4 is 12.0 Å². The Bertz CT molecular complexity index is 502. The molecule has 0 aliphatic carbocycles. The molecule has 102 valence electrons. The number of aryl methyl sites for hydroxylation is 1. The van der Waals surface area contributed by atoms with Gasteiger partial charge in [0.25, 0.3) is 5.91 Å². The fourth-order valence-electron chi connectivity index (χ4n) is 2.44. The van der Waals surface area contributed by atoms with Crippen molar-refractivity contribution in [3.63, 3.8) is 0 Å². The summed E-state index contributed by atoms with van der Waals surface area (Å²) in [6.45, 7) is 9.11. The molecule has 0 N–H and O–H groups in total. The molecule has 1 aliphatic heterocycles. The fraction of sp³-hybridized carbons (Fsp3) is 0.438. The van der Waals surface area contributed by atoms with Crippen LogP contribution in [0, 0.1) is 18.7 Å². The van der Waals surface area contributed by atoms with Crippen LogP contribution in [-0.4, -0.2) is 23.9 Å². The van der Waals surface area contributed by atoms with Crippen molar-refractivity contribution in [2.45, 2.75) is 26.7 Å². The van der Waals surface area contributed by atoms with Gasteiger partial charge in [-0.3, -0.25) is 4.79 Å². The lowest BCUT2D eigenvalue weighted by Gasteiger charge is -2.30. The van der Waals surface area contributed by atoms with E-state index in [1.165, 1.54) is 6.07 Å². The molecule has 0 aromatic heterocycles. The third-order valence-electron chi connectivity index (χ3n) is 3.85. The van der Waals surface area contributed by atoms with Crippen LogP contribution >= 0.6 is 0 Å². The van der Waals surface area contributed by atoms with Gasteiger partial charge in [-0.1, -0.05) is 19.6 Å². The number of carbonyl (C=O) groups is 1. The molecule has 1 saturated heterocycles. The summed E-state index contributed by atoms with van der Waals surface area (Å²) in [7, 11) is 0. The topological polar surface area (TPSA) is 20.3 Å². The van der Waals surface area contributed by atoms with E-state index in [0.29, 0.717) is 22.6 Å². The van der Waals surface area contributed by atoms with Gasteiger partial charge in [0, 0.05) is 18.7 Å². The molecule has 0 bridgehead atoms. The fourth-order valence-corrected chi connectivity index (χ4v) is 2.44. The monoisotopic (exact) mass is 261 g/mol. The van der Waals surface area contributed by atoms with Gasteiger partial charge in [-0.2, -0.15) is 0 Å². The second-order valence-corrected chi connectivity index (χ2v) is 5.37. The molecule has 3 heteroatoms. The van der Waals surface area contributed by atoms with E-state index in [9.17, 15) is 9.18 Å². The summed E-state index contributed by atoms with van der Waals surface area (Å²) in [6, 6.07) is 3.02. The lowest BCUT2D eigenvalue weighted by atomic mass is 9.97. The quantitative estimate of drug-likeness (QED) is 0.795. The van der Waals surface area contributed by atoms with Crippen LogP contribution in [0.25, 0.3) is 6.08 Å². The number of rotatable bonds is 2. The van der Waals surface area contributed by atoms with Crippen molar-refractivity contribution in [3.8, 4) is 0 Å². The van der Waals surface area contributed by atoms with Crippen molar-refractivity contribution in [1.82, 2.24) is 4.90 Å². The van der Waals surface area contributed by atoms with E-state index in [-0.39, 0.29) is 11.7 Å². The first-order valence-electron chi connectivity index (χ1n) is 6.74. The molecule has 1 heterocycles. The van der Waals surface area contributed by atoms with Gasteiger partial charge in [-0.25, -0.2) is 4.39 Å². The van der Waals surface area contributed by atoms with E-state index in [2.05, 4.69) is 13.5 Å². The number of nitrogens with zero attached hydrogens (tertiary/aromatic N) is 1. The summed E-state index contributed by atoms with van der Waals surface area (Å²) >= 11 is 0. The van der Waals surface area contributed by atoms with Gasteiger partial charge in [-0.15, -0.1) is 0 Å². The predicted molar refractivity (Wildman–Crippen MR) is 75.5 cm³/mol. The van der Waals surface area contributed by atoms with Gasteiger partial charge in [-0.05, 0) is 48.9 Å². The summed E-state index contributed by atoms with van der Waals surface area (Å²) in [5.74, 6) is 0.248. The second-order valence-electron chi connectivity index (χ2n) is 5.37. The molecule has 2 nitrogen and oxygen atoms in total. The Morgan fingerprint density at radius 1 is 1.42 bits per heavy atom. The minimum absolute atomic E-state index is 0.0827. The molecule has 1 aliphatic rings. The molecule has 1 fully saturated rings. The number of hydrogen-bond acceptors (Lipinski definition) is 1. The van der Waals surface area contributed by atoms with Crippen LogP contribution in [0.2, 0.25) is 0 Å². The summed E-state index contributed by atoms with van der Waals surface area (Å²) in [5, 5.41) is 0. The molecule has 0 atom stereocenters. The van der Waals surface area contributed by atoms with Crippen LogP contribution in [0.4, 0.5) is 4.39 Å². The minimum Gasteiger partial charge on any atom is -0.339 e. The molecule has 1 aromatic carbocycles. The number of likely N-dealkylation sites (tertiary alicyclic amines) is 1. The average molecular weight is 261 g/mol. The third kappa shape index (κ3) is 2.86.